The number of benzene rings is 1. The minimum absolute atomic E-state index is 0.0820. The average molecular weight is 278 g/mol. The van der Waals surface area contributed by atoms with Crippen molar-refractivity contribution in [2.75, 3.05) is 0 Å². The van der Waals surface area contributed by atoms with Gasteiger partial charge in [-0.3, -0.25) is 14.9 Å². The second kappa shape index (κ2) is 4.06. The summed E-state index contributed by atoms with van der Waals surface area (Å²) in [6.07, 6.45) is 0. The Morgan fingerprint density at radius 3 is 2.50 bits per heavy atom. The first-order valence-corrected chi connectivity index (χ1v) is 4.75. The standard InChI is InChI=1S/C8H5BrClNO3/c1-4(12)8-6(9)2-5(11(13)14)3-7(8)10/h2-3H,1H3. The van der Waals surface area contributed by atoms with Crippen LogP contribution in [0.25, 0.3) is 0 Å². The number of nitrogens with zero attached hydrogens (tertiary/aromatic N) is 1. The lowest BCUT2D eigenvalue weighted by atomic mass is 10.1. The van der Waals surface area contributed by atoms with E-state index < -0.39 is 4.92 Å². The molecule has 0 saturated heterocycles. The van der Waals surface area contributed by atoms with Crippen LogP contribution in [0, 0.1) is 10.1 Å². The van der Waals surface area contributed by atoms with Gasteiger partial charge in [0.15, 0.2) is 5.78 Å². The second-order valence-corrected chi connectivity index (χ2v) is 3.86. The summed E-state index contributed by atoms with van der Waals surface area (Å²) >= 11 is 8.78. The van der Waals surface area contributed by atoms with Gasteiger partial charge in [0.1, 0.15) is 0 Å². The second-order valence-electron chi connectivity index (χ2n) is 2.60. The number of halogens is 2. The maximum Gasteiger partial charge on any atom is 0.272 e. The zero-order valence-corrected chi connectivity index (χ0v) is 9.42. The smallest absolute Gasteiger partial charge is 0.272 e. The van der Waals surface area contributed by atoms with Gasteiger partial charge in [-0.05, 0) is 22.9 Å². The topological polar surface area (TPSA) is 60.2 Å². The van der Waals surface area contributed by atoms with Gasteiger partial charge in [-0.25, -0.2) is 0 Å². The summed E-state index contributed by atoms with van der Waals surface area (Å²) in [5.74, 6) is -0.239. The van der Waals surface area contributed by atoms with E-state index in [9.17, 15) is 14.9 Å². The van der Waals surface area contributed by atoms with E-state index >= 15 is 0 Å². The number of carbonyl (C=O) groups excluding carboxylic acids is 1. The van der Waals surface area contributed by atoms with Gasteiger partial charge in [0.2, 0.25) is 0 Å². The number of nitro groups is 1. The molecule has 6 heteroatoms. The number of hydrogen-bond acceptors (Lipinski definition) is 3. The van der Waals surface area contributed by atoms with Gasteiger partial charge in [-0.15, -0.1) is 0 Å². The summed E-state index contributed by atoms with van der Waals surface area (Å²) in [7, 11) is 0. The van der Waals surface area contributed by atoms with Gasteiger partial charge in [-0.2, -0.15) is 0 Å². The molecule has 4 nitrogen and oxygen atoms in total. The molecule has 0 aliphatic rings. The van der Waals surface area contributed by atoms with Crippen LogP contribution >= 0.6 is 27.5 Å². The highest BCUT2D eigenvalue weighted by atomic mass is 79.9. The molecule has 0 bridgehead atoms. The lowest BCUT2D eigenvalue weighted by molar-refractivity contribution is -0.384. The Morgan fingerprint density at radius 2 is 2.14 bits per heavy atom. The van der Waals surface area contributed by atoms with Gasteiger partial charge in [0.25, 0.3) is 5.69 Å². The first-order valence-electron chi connectivity index (χ1n) is 3.58. The fourth-order valence-electron chi connectivity index (χ4n) is 1.00. The summed E-state index contributed by atoms with van der Waals surface area (Å²) < 4.78 is 0.337. The summed E-state index contributed by atoms with van der Waals surface area (Å²) in [4.78, 5) is 20.9. The van der Waals surface area contributed by atoms with Crippen LogP contribution in [0.15, 0.2) is 16.6 Å². The third-order valence-electron chi connectivity index (χ3n) is 1.59. The Labute approximate surface area is 93.1 Å². The average Bonchev–Trinajstić information content (AvgIpc) is 2.01. The largest absolute Gasteiger partial charge is 0.294 e. The molecule has 0 aliphatic carbocycles. The molecule has 0 saturated carbocycles. The number of hydrogen-bond donors (Lipinski definition) is 0. The van der Waals surface area contributed by atoms with Crippen LogP contribution in [0.1, 0.15) is 17.3 Å². The van der Waals surface area contributed by atoms with Gasteiger partial charge in [0, 0.05) is 16.6 Å². The number of nitro benzene ring substituents is 1. The van der Waals surface area contributed by atoms with Crippen molar-refractivity contribution in [3.05, 3.63) is 37.3 Å². The molecule has 0 aliphatic heterocycles. The van der Waals surface area contributed by atoms with E-state index in [-0.39, 0.29) is 22.1 Å². The Balaban J connectivity index is 3.39. The van der Waals surface area contributed by atoms with Crippen LogP contribution in [-0.4, -0.2) is 10.7 Å². The zero-order chi connectivity index (χ0) is 10.9. The molecule has 0 atom stereocenters. The Morgan fingerprint density at radius 1 is 1.57 bits per heavy atom. The predicted octanol–water partition coefficient (Wildman–Crippen LogP) is 3.21. The zero-order valence-electron chi connectivity index (χ0n) is 7.08. The van der Waals surface area contributed by atoms with E-state index in [1.807, 2.05) is 0 Å². The van der Waals surface area contributed by atoms with Crippen LogP contribution in [0.3, 0.4) is 0 Å². The van der Waals surface area contributed by atoms with Gasteiger partial charge in [0.05, 0.1) is 15.5 Å². The lowest BCUT2D eigenvalue weighted by Crippen LogP contribution is -1.97. The first kappa shape index (κ1) is 11.1. The molecule has 14 heavy (non-hydrogen) atoms. The predicted molar refractivity (Wildman–Crippen MR) is 55.8 cm³/mol. The third-order valence-corrected chi connectivity index (χ3v) is 2.51. The molecular weight excluding hydrogens is 273 g/mol. The monoisotopic (exact) mass is 277 g/mol. The highest BCUT2D eigenvalue weighted by Gasteiger charge is 2.16. The molecule has 0 radical (unpaired) electrons. The molecule has 1 aromatic rings. The molecule has 0 spiro atoms. The Bertz CT molecular complexity index is 396. The Kier molecular flexibility index (Phi) is 3.23. The van der Waals surface area contributed by atoms with Crippen molar-refractivity contribution in [2.45, 2.75) is 6.92 Å². The van der Waals surface area contributed by atoms with E-state index in [2.05, 4.69) is 15.9 Å². The molecule has 0 aromatic heterocycles. The first-order chi connectivity index (χ1) is 6.43. The van der Waals surface area contributed by atoms with Crippen LogP contribution in [-0.2, 0) is 0 Å². The number of Topliss-reactive ketones (excluding diaryl/α,β-unsaturated/α-hetero) is 1. The number of ketones is 1. The molecule has 0 amide bonds. The van der Waals surface area contributed by atoms with Crippen molar-refractivity contribution >= 4 is 39.0 Å². The van der Waals surface area contributed by atoms with E-state index in [1.165, 1.54) is 13.0 Å². The molecular formula is C8H5BrClNO3. The summed E-state index contributed by atoms with van der Waals surface area (Å²) in [6, 6.07) is 2.41. The van der Waals surface area contributed by atoms with Gasteiger partial charge < -0.3 is 0 Å². The van der Waals surface area contributed by atoms with Crippen molar-refractivity contribution < 1.29 is 9.72 Å². The van der Waals surface area contributed by atoms with Crippen LogP contribution in [0.4, 0.5) is 5.69 Å². The quantitative estimate of drug-likeness (QED) is 0.474. The highest BCUT2D eigenvalue weighted by molar-refractivity contribution is 9.10. The van der Waals surface area contributed by atoms with E-state index in [4.69, 9.17) is 11.6 Å². The molecule has 1 rings (SSSR count). The van der Waals surface area contributed by atoms with Crippen LogP contribution in [0.5, 0.6) is 0 Å². The van der Waals surface area contributed by atoms with Crippen molar-refractivity contribution in [3.8, 4) is 0 Å². The van der Waals surface area contributed by atoms with E-state index in [1.54, 1.807) is 0 Å². The molecule has 0 unspecified atom stereocenters. The molecule has 74 valence electrons. The molecule has 0 N–H and O–H groups in total. The SMILES string of the molecule is CC(=O)c1c(Cl)cc([N+](=O)[O-])cc1Br. The minimum atomic E-state index is -0.569. The number of rotatable bonds is 2. The normalized spacial score (nSPS) is 9.93. The molecule has 0 heterocycles. The molecule has 0 fully saturated rings. The van der Waals surface area contributed by atoms with Crippen molar-refractivity contribution in [1.82, 2.24) is 0 Å². The van der Waals surface area contributed by atoms with Crippen LogP contribution in [0.2, 0.25) is 5.02 Å². The van der Waals surface area contributed by atoms with Crippen molar-refractivity contribution in [1.29, 1.82) is 0 Å². The fraction of sp³-hybridized carbons (Fsp3) is 0.125. The maximum atomic E-state index is 11.1. The fourth-order valence-corrected chi connectivity index (χ4v) is 2.19. The molecule has 1 aromatic carbocycles. The van der Waals surface area contributed by atoms with Crippen molar-refractivity contribution in [2.24, 2.45) is 0 Å². The summed E-state index contributed by atoms with van der Waals surface area (Å²) in [5, 5.41) is 10.5. The Hall–Kier alpha value is -0.940. The maximum absolute atomic E-state index is 11.1. The van der Waals surface area contributed by atoms with E-state index in [0.717, 1.165) is 6.07 Å². The van der Waals surface area contributed by atoms with Gasteiger partial charge >= 0.3 is 0 Å². The number of carbonyl (C=O) groups is 1. The number of non-ortho nitro benzene ring substituents is 1. The highest BCUT2D eigenvalue weighted by Crippen LogP contribution is 2.30. The van der Waals surface area contributed by atoms with E-state index in [0.29, 0.717) is 4.47 Å². The third kappa shape index (κ3) is 2.10. The van der Waals surface area contributed by atoms with Crippen LogP contribution < -0.4 is 0 Å². The van der Waals surface area contributed by atoms with Gasteiger partial charge in [-0.1, -0.05) is 11.6 Å². The minimum Gasteiger partial charge on any atom is -0.294 e. The summed E-state index contributed by atoms with van der Waals surface area (Å²) in [6.45, 7) is 1.35. The van der Waals surface area contributed by atoms with Crippen molar-refractivity contribution in [3.63, 3.8) is 0 Å². The lowest BCUT2D eigenvalue weighted by Gasteiger charge is -2.02. The summed E-state index contributed by atoms with van der Waals surface area (Å²) in [5.41, 5.74) is 0.115.